The predicted molar refractivity (Wildman–Crippen MR) is 48.4 cm³/mol. The second-order valence-corrected chi connectivity index (χ2v) is 4.96. The number of fused-ring (bicyclic) bond motifs is 1. The van der Waals surface area contributed by atoms with Crippen molar-refractivity contribution in [3.63, 3.8) is 0 Å². The maximum atomic E-state index is 9.72. The Labute approximate surface area is 83.4 Å². The van der Waals surface area contributed by atoms with Gasteiger partial charge in [0.05, 0.1) is 27.7 Å². The summed E-state index contributed by atoms with van der Waals surface area (Å²) in [6.45, 7) is 0.304. The average molecular weight is 204 g/mol. The van der Waals surface area contributed by atoms with E-state index in [1.54, 1.807) is 0 Å². The molecular formula is C9H18NO4+. The number of quaternary nitrogens is 1. The molecule has 0 unspecified atom stereocenters. The molecule has 0 aliphatic carbocycles. The highest BCUT2D eigenvalue weighted by Crippen LogP contribution is 2.34. The van der Waals surface area contributed by atoms with Crippen molar-refractivity contribution in [3.8, 4) is 0 Å². The van der Waals surface area contributed by atoms with Gasteiger partial charge in [0.1, 0.15) is 18.3 Å². The molecule has 2 heterocycles. The van der Waals surface area contributed by atoms with Gasteiger partial charge in [0, 0.05) is 0 Å². The molecule has 0 bridgehead atoms. The van der Waals surface area contributed by atoms with Crippen molar-refractivity contribution >= 4 is 0 Å². The third-order valence-corrected chi connectivity index (χ3v) is 2.98. The van der Waals surface area contributed by atoms with Crippen LogP contribution in [0.4, 0.5) is 0 Å². The van der Waals surface area contributed by atoms with Crippen LogP contribution in [-0.2, 0) is 9.47 Å². The van der Waals surface area contributed by atoms with Gasteiger partial charge in [-0.3, -0.25) is 0 Å². The zero-order valence-corrected chi connectivity index (χ0v) is 8.75. The van der Waals surface area contributed by atoms with Crippen LogP contribution in [-0.4, -0.2) is 73.1 Å². The van der Waals surface area contributed by atoms with Gasteiger partial charge in [0.25, 0.3) is 0 Å². The highest BCUT2D eigenvalue weighted by molar-refractivity contribution is 4.96. The molecule has 2 aliphatic rings. The minimum atomic E-state index is -0.847. The Morgan fingerprint density at radius 1 is 1.14 bits per heavy atom. The molecule has 0 aromatic heterocycles. The number of hydrogen-bond donors (Lipinski definition) is 2. The van der Waals surface area contributed by atoms with Crippen LogP contribution < -0.4 is 0 Å². The fourth-order valence-electron chi connectivity index (χ4n) is 2.31. The number of ether oxygens (including phenoxy) is 2. The van der Waals surface area contributed by atoms with E-state index in [1.165, 1.54) is 0 Å². The molecule has 0 aromatic carbocycles. The van der Waals surface area contributed by atoms with Crippen LogP contribution in [0.1, 0.15) is 0 Å². The summed E-state index contributed by atoms with van der Waals surface area (Å²) < 4.78 is 11.3. The Balaban J connectivity index is 2.19. The van der Waals surface area contributed by atoms with E-state index in [0.717, 1.165) is 0 Å². The Morgan fingerprint density at radius 3 is 2.36 bits per heavy atom. The van der Waals surface area contributed by atoms with Gasteiger partial charge in [-0.2, -0.15) is 0 Å². The molecule has 0 radical (unpaired) electrons. The standard InChI is InChI=1S/C9H18NO4/c1-10(2,3)6-8-7(14-9(6)12)5(11)4-13-8/h5-9,11-12H,4H2,1-3H3/q+1/t5-,6-,7+,8-,9+/m0/s1. The lowest BCUT2D eigenvalue weighted by Crippen LogP contribution is -2.55. The highest BCUT2D eigenvalue weighted by atomic mass is 16.7. The largest absolute Gasteiger partial charge is 0.388 e. The first-order valence-electron chi connectivity index (χ1n) is 4.85. The molecule has 2 rings (SSSR count). The molecule has 0 spiro atoms. The number of nitrogens with zero attached hydrogens (tertiary/aromatic N) is 1. The summed E-state index contributed by atoms with van der Waals surface area (Å²) in [5.74, 6) is 0. The van der Waals surface area contributed by atoms with Crippen molar-refractivity contribution in [2.24, 2.45) is 0 Å². The number of aliphatic hydroxyl groups is 2. The van der Waals surface area contributed by atoms with Gasteiger partial charge >= 0.3 is 0 Å². The predicted octanol–water partition coefficient (Wildman–Crippen LogP) is -1.46. The monoisotopic (exact) mass is 204 g/mol. The van der Waals surface area contributed by atoms with Gasteiger partial charge in [0.2, 0.25) is 6.29 Å². The maximum absolute atomic E-state index is 9.72. The van der Waals surface area contributed by atoms with Crippen LogP contribution in [0.15, 0.2) is 0 Å². The molecule has 0 saturated carbocycles. The number of hydrogen-bond acceptors (Lipinski definition) is 4. The Hall–Kier alpha value is -0.200. The first kappa shape index (κ1) is 10.3. The van der Waals surface area contributed by atoms with E-state index in [9.17, 15) is 10.2 Å². The SMILES string of the molecule is C[N+](C)(C)[C@H]1[C@@H]2OC[C@H](O)[C@H]2O[C@H]1O. The van der Waals surface area contributed by atoms with Gasteiger partial charge in [-0.05, 0) is 0 Å². The summed E-state index contributed by atoms with van der Waals surface area (Å²) in [5.41, 5.74) is 0. The van der Waals surface area contributed by atoms with E-state index in [0.29, 0.717) is 11.1 Å². The summed E-state index contributed by atoms with van der Waals surface area (Å²) in [6, 6.07) is -0.128. The molecule has 2 N–H and O–H groups in total. The van der Waals surface area contributed by atoms with Crippen LogP contribution in [0.2, 0.25) is 0 Å². The third-order valence-electron chi connectivity index (χ3n) is 2.98. The molecule has 0 aromatic rings. The average Bonchev–Trinajstić information content (AvgIpc) is 2.49. The molecule has 5 heteroatoms. The lowest BCUT2D eigenvalue weighted by molar-refractivity contribution is -0.903. The Bertz CT molecular complexity index is 227. The van der Waals surface area contributed by atoms with E-state index in [1.807, 2.05) is 21.1 Å². The topological polar surface area (TPSA) is 58.9 Å². The van der Waals surface area contributed by atoms with Crippen LogP contribution in [0.5, 0.6) is 0 Å². The summed E-state index contributed by atoms with van der Waals surface area (Å²) in [5, 5.41) is 19.3. The van der Waals surface area contributed by atoms with E-state index in [4.69, 9.17) is 9.47 Å². The van der Waals surface area contributed by atoms with Crippen molar-refractivity contribution in [2.75, 3.05) is 27.7 Å². The minimum absolute atomic E-state index is 0.128. The van der Waals surface area contributed by atoms with Gasteiger partial charge in [-0.25, -0.2) is 0 Å². The first-order chi connectivity index (χ1) is 6.41. The van der Waals surface area contributed by atoms with Crippen LogP contribution in [0, 0.1) is 0 Å². The van der Waals surface area contributed by atoms with E-state index in [2.05, 4.69) is 0 Å². The van der Waals surface area contributed by atoms with E-state index < -0.39 is 12.4 Å². The second-order valence-electron chi connectivity index (χ2n) is 4.96. The van der Waals surface area contributed by atoms with Crippen LogP contribution >= 0.6 is 0 Å². The normalized spacial score (nSPS) is 48.2. The molecule has 5 atom stereocenters. The molecule has 82 valence electrons. The zero-order chi connectivity index (χ0) is 10.5. The van der Waals surface area contributed by atoms with Crippen molar-refractivity contribution in [2.45, 2.75) is 30.6 Å². The van der Waals surface area contributed by atoms with Gasteiger partial charge in [-0.1, -0.05) is 0 Å². The summed E-state index contributed by atoms with van der Waals surface area (Å²) in [6.07, 6.45) is -2.02. The Kier molecular flexibility index (Phi) is 2.32. The molecular weight excluding hydrogens is 186 g/mol. The number of rotatable bonds is 1. The van der Waals surface area contributed by atoms with Crippen LogP contribution in [0.3, 0.4) is 0 Å². The fraction of sp³-hybridized carbons (Fsp3) is 1.00. The van der Waals surface area contributed by atoms with Crippen molar-refractivity contribution in [1.29, 1.82) is 0 Å². The van der Waals surface area contributed by atoms with E-state index >= 15 is 0 Å². The third kappa shape index (κ3) is 1.45. The zero-order valence-electron chi connectivity index (χ0n) is 8.75. The van der Waals surface area contributed by atoms with Crippen molar-refractivity contribution in [3.05, 3.63) is 0 Å². The molecule has 14 heavy (non-hydrogen) atoms. The van der Waals surface area contributed by atoms with Crippen molar-refractivity contribution in [1.82, 2.24) is 0 Å². The van der Waals surface area contributed by atoms with Crippen molar-refractivity contribution < 1.29 is 24.2 Å². The number of aliphatic hydroxyl groups excluding tert-OH is 2. The smallest absolute Gasteiger partial charge is 0.211 e. The molecule has 2 aliphatic heterocycles. The second kappa shape index (κ2) is 3.15. The molecule has 5 nitrogen and oxygen atoms in total. The molecule has 0 amide bonds. The maximum Gasteiger partial charge on any atom is 0.211 e. The van der Waals surface area contributed by atoms with Gasteiger partial charge in [0.15, 0.2) is 6.04 Å². The minimum Gasteiger partial charge on any atom is -0.388 e. The van der Waals surface area contributed by atoms with Crippen LogP contribution in [0.25, 0.3) is 0 Å². The summed E-state index contributed by atoms with van der Waals surface area (Å²) >= 11 is 0. The highest BCUT2D eigenvalue weighted by Gasteiger charge is 2.57. The molecule has 2 fully saturated rings. The van der Waals surface area contributed by atoms with Gasteiger partial charge in [-0.15, -0.1) is 0 Å². The Morgan fingerprint density at radius 2 is 1.79 bits per heavy atom. The fourth-order valence-corrected chi connectivity index (χ4v) is 2.31. The lowest BCUT2D eigenvalue weighted by Gasteiger charge is -2.34. The van der Waals surface area contributed by atoms with Gasteiger partial charge < -0.3 is 24.2 Å². The lowest BCUT2D eigenvalue weighted by atomic mass is 10.1. The molecule has 2 saturated heterocycles. The first-order valence-corrected chi connectivity index (χ1v) is 4.85. The van der Waals surface area contributed by atoms with E-state index in [-0.39, 0.29) is 18.2 Å². The summed E-state index contributed by atoms with van der Waals surface area (Å²) in [4.78, 5) is 0. The quantitative estimate of drug-likeness (QED) is 0.512. The number of likely N-dealkylation sites (N-methyl/N-ethyl adjacent to an activating group) is 1. The summed E-state index contributed by atoms with van der Waals surface area (Å²) in [7, 11) is 5.94.